The van der Waals surface area contributed by atoms with Gasteiger partial charge in [-0.1, -0.05) is 66.7 Å². The van der Waals surface area contributed by atoms with Gasteiger partial charge in [0.15, 0.2) is 0 Å². The molecule has 0 unspecified atom stereocenters. The van der Waals surface area contributed by atoms with Crippen molar-refractivity contribution in [1.82, 2.24) is 39.5 Å². The van der Waals surface area contributed by atoms with Crippen LogP contribution in [0.1, 0.15) is 28.5 Å². The van der Waals surface area contributed by atoms with Crippen LogP contribution < -0.4 is 11.1 Å². The fourth-order valence-corrected chi connectivity index (χ4v) is 4.86. The first-order valence-electron chi connectivity index (χ1n) is 15.2. The van der Waals surface area contributed by atoms with E-state index in [0.717, 1.165) is 42.6 Å². The Morgan fingerprint density at radius 3 is 1.66 bits per heavy atom. The SMILES string of the molecule is Cc1ccccc1C(=O)Nc1nc(-c2ncccc2C)nn1-c1ccccc1.Cc1cccnc1-c1nc(N)n(-c2ccccc2)n1.S=S=S.[HH]. The molecule has 7 aromatic rings. The molecule has 0 radical (unpaired) electrons. The molecule has 0 aliphatic rings. The average molecular weight is 719 g/mol. The van der Waals surface area contributed by atoms with Crippen molar-refractivity contribution in [3.63, 3.8) is 0 Å². The first-order chi connectivity index (χ1) is 24.3. The highest BCUT2D eigenvalue weighted by Crippen LogP contribution is 2.23. The second kappa shape index (κ2) is 17.0. The summed E-state index contributed by atoms with van der Waals surface area (Å²) in [7, 11) is 0.917. The molecule has 0 fully saturated rings. The molecular weight excluding hydrogens is 685 g/mol. The predicted octanol–water partition coefficient (Wildman–Crippen LogP) is 6.66. The Balaban J connectivity index is 0.000000221. The lowest BCUT2D eigenvalue weighted by molar-refractivity contribution is 0.102. The molecule has 0 spiro atoms. The minimum absolute atomic E-state index is 0. The molecule has 0 aliphatic heterocycles. The third-order valence-corrected chi connectivity index (χ3v) is 7.30. The van der Waals surface area contributed by atoms with E-state index in [1.807, 2.05) is 124 Å². The number of nitrogens with zero attached hydrogens (tertiary/aromatic N) is 8. The number of benzene rings is 3. The summed E-state index contributed by atoms with van der Waals surface area (Å²) in [4.78, 5) is 30.4. The summed E-state index contributed by atoms with van der Waals surface area (Å²) < 4.78 is 3.24. The fraction of sp³-hybridized carbons (Fsp3) is 0.0833. The Morgan fingerprint density at radius 1 is 0.660 bits per heavy atom. The summed E-state index contributed by atoms with van der Waals surface area (Å²) in [6, 6.07) is 34.4. The van der Waals surface area contributed by atoms with Crippen molar-refractivity contribution in [3.05, 3.63) is 144 Å². The smallest absolute Gasteiger partial charge is 0.258 e. The first-order valence-corrected chi connectivity index (χ1v) is 17.9. The van der Waals surface area contributed by atoms with Crippen LogP contribution in [0, 0.1) is 20.8 Å². The number of carbonyl (C=O) groups is 1. The van der Waals surface area contributed by atoms with E-state index in [2.05, 4.69) is 57.8 Å². The number of aryl methyl sites for hydroxylation is 3. The normalized spacial score (nSPS) is 10.2. The lowest BCUT2D eigenvalue weighted by Gasteiger charge is -2.08. The standard InChI is InChI=1S/C22H19N5O.C14H13N5.S3.H2/c1-15-9-6-7-13-18(15)21(28)25-22-24-20(19-16(2)10-8-14-23-19)26-27(22)17-11-4-3-5-12-17;1-10-6-5-9-16-12(10)13-17-14(15)19(18-13)11-7-3-2-4-8-11;1-3-2;/h3-14H,1-2H3,(H,24,25,26,28);2-9H,1H3,(H2,15,17,18);;1H. The van der Waals surface area contributed by atoms with Crippen molar-refractivity contribution < 1.29 is 6.22 Å². The highest BCUT2D eigenvalue weighted by molar-refractivity contribution is 8.37. The number of hydrogen-bond donors (Lipinski definition) is 2. The van der Waals surface area contributed by atoms with Gasteiger partial charge in [0, 0.05) is 50.6 Å². The Bertz CT molecular complexity index is 2260. The zero-order valence-corrected chi connectivity index (χ0v) is 29.8. The number of pyridine rings is 2. The van der Waals surface area contributed by atoms with Crippen molar-refractivity contribution in [3.8, 4) is 34.4 Å². The van der Waals surface area contributed by atoms with Gasteiger partial charge in [-0.05, 0) is 79.9 Å². The van der Waals surface area contributed by atoms with Crippen LogP contribution in [0.4, 0.5) is 11.9 Å². The van der Waals surface area contributed by atoms with Gasteiger partial charge in [-0.15, -0.1) is 10.2 Å². The molecule has 0 saturated carbocycles. The lowest BCUT2D eigenvalue weighted by Crippen LogP contribution is -2.16. The van der Waals surface area contributed by atoms with Crippen molar-refractivity contribution in [2.75, 3.05) is 11.1 Å². The second-order valence-electron chi connectivity index (χ2n) is 10.7. The number of hydrogen-bond acceptors (Lipinski definition) is 10. The van der Waals surface area contributed by atoms with Crippen LogP contribution in [-0.4, -0.2) is 45.4 Å². The molecule has 252 valence electrons. The number of amides is 1. The maximum atomic E-state index is 12.8. The molecule has 7 rings (SSSR count). The van der Waals surface area contributed by atoms with E-state index in [0.29, 0.717) is 34.8 Å². The highest BCUT2D eigenvalue weighted by atomic mass is 33.1. The molecule has 3 N–H and O–H groups in total. The number of rotatable bonds is 6. The van der Waals surface area contributed by atoms with E-state index in [1.54, 1.807) is 27.8 Å². The summed E-state index contributed by atoms with van der Waals surface area (Å²) in [5.74, 6) is 1.47. The number of nitrogens with one attached hydrogen (secondary N) is 1. The summed E-state index contributed by atoms with van der Waals surface area (Å²) in [5, 5.41) is 11.9. The fourth-order valence-electron chi connectivity index (χ4n) is 4.86. The highest BCUT2D eigenvalue weighted by Gasteiger charge is 2.19. The van der Waals surface area contributed by atoms with Gasteiger partial charge < -0.3 is 5.73 Å². The largest absolute Gasteiger partial charge is 0.368 e. The predicted molar refractivity (Wildman–Crippen MR) is 206 cm³/mol. The molecule has 0 saturated heterocycles. The lowest BCUT2D eigenvalue weighted by atomic mass is 10.1. The molecule has 3 aromatic carbocycles. The molecule has 0 aliphatic carbocycles. The number of nitrogen functional groups attached to an aromatic ring is 1. The van der Waals surface area contributed by atoms with Crippen LogP contribution in [-0.2, 0) is 31.3 Å². The third-order valence-electron chi connectivity index (χ3n) is 7.30. The molecule has 0 bridgehead atoms. The summed E-state index contributed by atoms with van der Waals surface area (Å²) in [6.07, 6.45) is 3.43. The number of aromatic nitrogens is 8. The van der Waals surface area contributed by atoms with E-state index in [9.17, 15) is 4.79 Å². The quantitative estimate of drug-likeness (QED) is 0.192. The van der Waals surface area contributed by atoms with Crippen LogP contribution >= 0.6 is 0 Å². The van der Waals surface area contributed by atoms with Crippen molar-refractivity contribution >= 4 is 49.1 Å². The summed E-state index contributed by atoms with van der Waals surface area (Å²) in [5.41, 5.74) is 12.5. The minimum Gasteiger partial charge on any atom is -0.368 e. The molecule has 4 heterocycles. The second-order valence-corrected chi connectivity index (χ2v) is 12.5. The maximum absolute atomic E-state index is 12.8. The van der Waals surface area contributed by atoms with Crippen molar-refractivity contribution in [2.45, 2.75) is 20.8 Å². The number of anilines is 2. The van der Waals surface area contributed by atoms with Crippen LogP contribution in [0.5, 0.6) is 0 Å². The molecule has 11 nitrogen and oxygen atoms in total. The Labute approximate surface area is 303 Å². The van der Waals surface area contributed by atoms with Crippen molar-refractivity contribution in [2.24, 2.45) is 0 Å². The zero-order chi connectivity index (χ0) is 35.5. The van der Waals surface area contributed by atoms with E-state index in [1.165, 1.54) is 0 Å². The van der Waals surface area contributed by atoms with Gasteiger partial charge in [0.25, 0.3) is 5.91 Å². The molecule has 14 heteroatoms. The van der Waals surface area contributed by atoms with Gasteiger partial charge in [0.1, 0.15) is 11.4 Å². The van der Waals surface area contributed by atoms with Crippen molar-refractivity contribution in [1.29, 1.82) is 0 Å². The van der Waals surface area contributed by atoms with Crippen LogP contribution in [0.3, 0.4) is 0 Å². The maximum Gasteiger partial charge on any atom is 0.258 e. The third kappa shape index (κ3) is 8.60. The Hall–Kier alpha value is -5.83. The Morgan fingerprint density at radius 2 is 1.12 bits per heavy atom. The molecular formula is C36H34N10OS3. The van der Waals surface area contributed by atoms with Gasteiger partial charge in [-0.3, -0.25) is 20.1 Å². The topological polar surface area (TPSA) is 142 Å². The first kappa shape index (κ1) is 35.5. The van der Waals surface area contributed by atoms with E-state index in [-0.39, 0.29) is 7.33 Å². The average Bonchev–Trinajstić information content (AvgIpc) is 3.73. The number of carbonyl (C=O) groups excluding carboxylic acids is 1. The summed E-state index contributed by atoms with van der Waals surface area (Å²) in [6.45, 7) is 5.83. The molecule has 1 amide bonds. The number of nitrogens with two attached hydrogens (primary N) is 1. The molecule has 50 heavy (non-hydrogen) atoms. The number of para-hydroxylation sites is 2. The van der Waals surface area contributed by atoms with E-state index in [4.69, 9.17) is 5.73 Å². The van der Waals surface area contributed by atoms with Gasteiger partial charge in [0.05, 0.1) is 11.4 Å². The monoisotopic (exact) mass is 718 g/mol. The molecule has 4 aromatic heterocycles. The van der Waals surface area contributed by atoms with Gasteiger partial charge >= 0.3 is 0 Å². The van der Waals surface area contributed by atoms with Gasteiger partial charge in [-0.25, -0.2) is 0 Å². The summed E-state index contributed by atoms with van der Waals surface area (Å²) >= 11 is 8.25. The van der Waals surface area contributed by atoms with Crippen LogP contribution in [0.2, 0.25) is 0 Å². The van der Waals surface area contributed by atoms with Crippen LogP contribution in [0.25, 0.3) is 34.4 Å². The Kier molecular flexibility index (Phi) is 12.1. The van der Waals surface area contributed by atoms with E-state index < -0.39 is 0 Å². The van der Waals surface area contributed by atoms with Gasteiger partial charge in [-0.2, -0.15) is 19.3 Å². The van der Waals surface area contributed by atoms with E-state index >= 15 is 0 Å². The molecule has 0 atom stereocenters. The van der Waals surface area contributed by atoms with Gasteiger partial charge in [0.2, 0.25) is 23.5 Å². The van der Waals surface area contributed by atoms with Crippen LogP contribution in [0.15, 0.2) is 122 Å². The zero-order valence-electron chi connectivity index (χ0n) is 27.3. The minimum atomic E-state index is -0.230.